The summed E-state index contributed by atoms with van der Waals surface area (Å²) in [5.41, 5.74) is 2.66. The van der Waals surface area contributed by atoms with Crippen LogP contribution >= 0.6 is 11.6 Å². The van der Waals surface area contributed by atoms with Crippen LogP contribution < -0.4 is 16.1 Å². The summed E-state index contributed by atoms with van der Waals surface area (Å²) in [4.78, 5) is 5.25. The SMILES string of the molecule is N=C1NCC2(CCN(S(=O)(=O)C3=CC=C(Cl)N4ONC=C34)CC2)N1. The summed E-state index contributed by atoms with van der Waals surface area (Å²) in [6.07, 6.45) is 5.74. The highest BCUT2D eigenvalue weighted by Crippen LogP contribution is 2.36. The van der Waals surface area contributed by atoms with Crippen LogP contribution in [0.2, 0.25) is 0 Å². The molecule has 0 radical (unpaired) electrons. The summed E-state index contributed by atoms with van der Waals surface area (Å²) in [6.45, 7) is 1.43. The van der Waals surface area contributed by atoms with E-state index in [2.05, 4.69) is 16.1 Å². The largest absolute Gasteiger partial charge is 0.354 e. The molecule has 4 heterocycles. The van der Waals surface area contributed by atoms with E-state index < -0.39 is 10.0 Å². The number of hydrogen-bond donors (Lipinski definition) is 4. The van der Waals surface area contributed by atoms with Gasteiger partial charge in [-0.05, 0) is 25.0 Å². The topological polar surface area (TPSA) is 110 Å². The molecule has 9 nitrogen and oxygen atoms in total. The zero-order chi connectivity index (χ0) is 16.9. The molecule has 24 heavy (non-hydrogen) atoms. The second-order valence-corrected chi connectivity index (χ2v) is 8.38. The second kappa shape index (κ2) is 5.38. The smallest absolute Gasteiger partial charge is 0.245 e. The number of piperidine rings is 1. The summed E-state index contributed by atoms with van der Waals surface area (Å²) in [6, 6.07) is 0. The predicted molar refractivity (Wildman–Crippen MR) is 87.5 cm³/mol. The van der Waals surface area contributed by atoms with E-state index in [9.17, 15) is 8.42 Å². The molecule has 2 saturated heterocycles. The molecular formula is C13H17ClN6O3S. The maximum Gasteiger partial charge on any atom is 0.245 e. The number of halogens is 1. The minimum Gasteiger partial charge on any atom is -0.354 e. The van der Waals surface area contributed by atoms with Gasteiger partial charge in [-0.1, -0.05) is 11.6 Å². The van der Waals surface area contributed by atoms with Crippen LogP contribution in [0.25, 0.3) is 0 Å². The van der Waals surface area contributed by atoms with Gasteiger partial charge >= 0.3 is 0 Å². The number of nitrogens with one attached hydrogen (secondary N) is 4. The third kappa shape index (κ3) is 2.37. The van der Waals surface area contributed by atoms with Gasteiger partial charge < -0.3 is 10.6 Å². The standard InChI is InChI=1S/C13H17ClN6O3S/c14-11-2-1-10(9-7-17-23-20(9)11)24(21,22)19-5-3-13(4-6-19)8-16-12(15)18-13/h1-2,7,17H,3-6,8H2,(H3,15,16,18). The minimum atomic E-state index is -3.66. The van der Waals surface area contributed by atoms with Crippen LogP contribution in [0.15, 0.2) is 34.1 Å². The van der Waals surface area contributed by atoms with Gasteiger partial charge in [0.15, 0.2) is 5.96 Å². The van der Waals surface area contributed by atoms with E-state index >= 15 is 0 Å². The molecule has 11 heteroatoms. The first-order valence-electron chi connectivity index (χ1n) is 7.53. The van der Waals surface area contributed by atoms with Gasteiger partial charge in [0.25, 0.3) is 0 Å². The second-order valence-electron chi connectivity index (χ2n) is 6.09. The Kier molecular flexibility index (Phi) is 3.53. The maximum absolute atomic E-state index is 13.0. The average Bonchev–Trinajstić information content (AvgIpc) is 3.16. The van der Waals surface area contributed by atoms with Gasteiger partial charge in [0.1, 0.15) is 15.8 Å². The lowest BCUT2D eigenvalue weighted by Gasteiger charge is -2.38. The molecule has 4 rings (SSSR count). The molecule has 4 N–H and O–H groups in total. The number of rotatable bonds is 2. The number of hydroxylamine groups is 3. The predicted octanol–water partition coefficient (Wildman–Crippen LogP) is -0.151. The molecular weight excluding hydrogens is 356 g/mol. The number of nitrogens with zero attached hydrogens (tertiary/aromatic N) is 2. The van der Waals surface area contributed by atoms with Gasteiger partial charge in [-0.2, -0.15) is 14.3 Å². The van der Waals surface area contributed by atoms with E-state index in [4.69, 9.17) is 21.9 Å². The van der Waals surface area contributed by atoms with Crippen molar-refractivity contribution in [3.8, 4) is 0 Å². The molecule has 0 bridgehead atoms. The molecule has 0 aromatic carbocycles. The van der Waals surface area contributed by atoms with Crippen LogP contribution in [0.3, 0.4) is 0 Å². The first-order valence-corrected chi connectivity index (χ1v) is 9.35. The van der Waals surface area contributed by atoms with Gasteiger partial charge in [0.05, 0.1) is 11.7 Å². The molecule has 0 aromatic heterocycles. The van der Waals surface area contributed by atoms with E-state index in [1.54, 1.807) is 0 Å². The summed E-state index contributed by atoms with van der Waals surface area (Å²) in [5, 5.41) is 15.2. The molecule has 0 amide bonds. The lowest BCUT2D eigenvalue weighted by Crippen LogP contribution is -2.53. The third-order valence-electron chi connectivity index (χ3n) is 4.67. The van der Waals surface area contributed by atoms with Crippen molar-refractivity contribution >= 4 is 27.6 Å². The summed E-state index contributed by atoms with van der Waals surface area (Å²) in [7, 11) is -3.66. The molecule has 0 saturated carbocycles. The van der Waals surface area contributed by atoms with E-state index in [0.717, 1.165) is 0 Å². The fourth-order valence-electron chi connectivity index (χ4n) is 3.29. The van der Waals surface area contributed by atoms with Crippen LogP contribution in [0, 0.1) is 5.41 Å². The van der Waals surface area contributed by atoms with Crippen molar-refractivity contribution in [2.75, 3.05) is 19.6 Å². The number of sulfonamides is 1. The first kappa shape index (κ1) is 15.8. The Labute approximate surface area is 144 Å². The number of guanidine groups is 1. The van der Waals surface area contributed by atoms with E-state index in [-0.39, 0.29) is 15.6 Å². The quantitative estimate of drug-likeness (QED) is 0.499. The number of fused-ring (bicyclic) bond motifs is 1. The summed E-state index contributed by atoms with van der Waals surface area (Å²) in [5.74, 6) is 0.302. The maximum atomic E-state index is 13.0. The Bertz CT molecular complexity index is 782. The Hall–Kier alpha value is -1.75. The fourth-order valence-corrected chi connectivity index (χ4v) is 5.07. The molecule has 4 aliphatic rings. The van der Waals surface area contributed by atoms with Crippen molar-refractivity contribution in [3.63, 3.8) is 0 Å². The van der Waals surface area contributed by atoms with Crippen LogP contribution in [0.1, 0.15) is 12.8 Å². The Morgan fingerprint density at radius 3 is 2.71 bits per heavy atom. The van der Waals surface area contributed by atoms with Gasteiger partial charge in [0, 0.05) is 19.6 Å². The zero-order valence-electron chi connectivity index (χ0n) is 12.7. The molecule has 2 fully saturated rings. The molecule has 1 spiro atoms. The molecule has 0 atom stereocenters. The van der Waals surface area contributed by atoms with Gasteiger partial charge in [-0.3, -0.25) is 5.41 Å². The zero-order valence-corrected chi connectivity index (χ0v) is 14.2. The summed E-state index contributed by atoms with van der Waals surface area (Å²) >= 11 is 6.01. The van der Waals surface area contributed by atoms with Crippen LogP contribution in [0.4, 0.5) is 0 Å². The Morgan fingerprint density at radius 2 is 2.04 bits per heavy atom. The number of hydrogen-bond acceptors (Lipinski definition) is 6. The van der Waals surface area contributed by atoms with Gasteiger partial charge in [0.2, 0.25) is 10.0 Å². The van der Waals surface area contributed by atoms with Crippen LogP contribution in [-0.4, -0.2) is 48.9 Å². The van der Waals surface area contributed by atoms with Gasteiger partial charge in [-0.25, -0.2) is 13.9 Å². The first-order chi connectivity index (χ1) is 11.4. The monoisotopic (exact) mass is 372 g/mol. The van der Waals surface area contributed by atoms with Crippen molar-refractivity contribution in [2.24, 2.45) is 0 Å². The van der Waals surface area contributed by atoms with Crippen molar-refractivity contribution in [1.82, 2.24) is 25.5 Å². The van der Waals surface area contributed by atoms with Crippen molar-refractivity contribution in [1.29, 1.82) is 5.41 Å². The molecule has 4 aliphatic heterocycles. The van der Waals surface area contributed by atoms with E-state index in [0.29, 0.717) is 44.1 Å². The lowest BCUT2D eigenvalue weighted by molar-refractivity contribution is -0.117. The number of allylic oxidation sites excluding steroid dienone is 2. The fraction of sp³-hybridized carbons (Fsp3) is 0.462. The highest BCUT2D eigenvalue weighted by Gasteiger charge is 2.44. The summed E-state index contributed by atoms with van der Waals surface area (Å²) < 4.78 is 27.5. The highest BCUT2D eigenvalue weighted by molar-refractivity contribution is 7.93. The van der Waals surface area contributed by atoms with Crippen LogP contribution in [-0.2, 0) is 15.0 Å². The van der Waals surface area contributed by atoms with Crippen LogP contribution in [0.5, 0.6) is 0 Å². The molecule has 130 valence electrons. The highest BCUT2D eigenvalue weighted by atomic mass is 35.5. The van der Waals surface area contributed by atoms with E-state index in [1.807, 2.05) is 0 Å². The normalized spacial score (nSPS) is 26.1. The lowest BCUT2D eigenvalue weighted by atomic mass is 9.90. The minimum absolute atomic E-state index is 0.151. The average molecular weight is 373 g/mol. The van der Waals surface area contributed by atoms with Gasteiger partial charge in [-0.15, -0.1) is 0 Å². The van der Waals surface area contributed by atoms with Crippen molar-refractivity contribution in [2.45, 2.75) is 18.4 Å². The molecule has 0 unspecified atom stereocenters. The van der Waals surface area contributed by atoms with Crippen molar-refractivity contribution in [3.05, 3.63) is 34.1 Å². The van der Waals surface area contributed by atoms with E-state index in [1.165, 1.54) is 27.7 Å². The Morgan fingerprint density at radius 1 is 1.29 bits per heavy atom. The molecule has 0 aliphatic carbocycles. The van der Waals surface area contributed by atoms with Crippen molar-refractivity contribution < 1.29 is 13.4 Å². The Balaban J connectivity index is 1.55. The third-order valence-corrected chi connectivity index (χ3v) is 6.89. The molecule has 0 aromatic rings.